The van der Waals surface area contributed by atoms with E-state index in [4.69, 9.17) is 16.0 Å². The molecule has 1 saturated heterocycles. The van der Waals surface area contributed by atoms with E-state index < -0.39 is 0 Å². The van der Waals surface area contributed by atoms with Gasteiger partial charge in [-0.25, -0.2) is 4.99 Å². The number of rotatable bonds is 3. The molecule has 0 spiro atoms. The fourth-order valence-corrected chi connectivity index (χ4v) is 4.21. The molecule has 1 aliphatic rings. The van der Waals surface area contributed by atoms with E-state index >= 15 is 0 Å². The van der Waals surface area contributed by atoms with Gasteiger partial charge in [-0.2, -0.15) is 0 Å². The highest BCUT2D eigenvalue weighted by atomic mass is 35.5. The number of amidine groups is 1. The Hall–Kier alpha value is -3.28. The minimum Gasteiger partial charge on any atom is -0.457 e. The van der Waals surface area contributed by atoms with Crippen LogP contribution in [0.2, 0.25) is 5.02 Å². The standard InChI is InChI=1S/C24H15ClN2O2S/c25-18-7-3-6-17(12-18)21-11-10-20(29-21)14-22-23(28)27-24(30-22)26-19-9-8-15-4-1-2-5-16(15)13-19/h1-14H,(H,26,27,28). The first-order valence-corrected chi connectivity index (χ1v) is 10.5. The van der Waals surface area contributed by atoms with Gasteiger partial charge in [-0.1, -0.05) is 54.1 Å². The molecular weight excluding hydrogens is 416 g/mol. The fourth-order valence-electron chi connectivity index (χ4n) is 3.20. The van der Waals surface area contributed by atoms with Crippen molar-refractivity contribution in [3.8, 4) is 11.3 Å². The number of nitrogens with one attached hydrogen (secondary N) is 1. The summed E-state index contributed by atoms with van der Waals surface area (Å²) in [6.45, 7) is 0. The van der Waals surface area contributed by atoms with Crippen LogP contribution in [0.5, 0.6) is 0 Å². The van der Waals surface area contributed by atoms with Gasteiger partial charge in [0, 0.05) is 16.7 Å². The maximum atomic E-state index is 12.4. The van der Waals surface area contributed by atoms with Crippen molar-refractivity contribution in [2.24, 2.45) is 4.99 Å². The van der Waals surface area contributed by atoms with Gasteiger partial charge in [0.2, 0.25) is 0 Å². The summed E-state index contributed by atoms with van der Waals surface area (Å²) in [5, 5.41) is 6.26. The van der Waals surface area contributed by atoms with E-state index in [0.29, 0.717) is 26.6 Å². The molecule has 0 unspecified atom stereocenters. The number of nitrogens with zero attached hydrogens (tertiary/aromatic N) is 1. The maximum Gasteiger partial charge on any atom is 0.264 e. The van der Waals surface area contributed by atoms with Gasteiger partial charge < -0.3 is 9.73 Å². The summed E-state index contributed by atoms with van der Waals surface area (Å²) < 4.78 is 5.87. The number of hydrogen-bond acceptors (Lipinski definition) is 4. The Labute approximate surface area is 182 Å². The number of aliphatic imine (C=N–C) groups is 1. The largest absolute Gasteiger partial charge is 0.457 e. The van der Waals surface area contributed by atoms with E-state index in [1.54, 1.807) is 6.08 Å². The highest BCUT2D eigenvalue weighted by Gasteiger charge is 2.24. The summed E-state index contributed by atoms with van der Waals surface area (Å²) in [5.41, 5.74) is 1.67. The van der Waals surface area contributed by atoms with Crippen molar-refractivity contribution in [3.05, 3.63) is 94.6 Å². The van der Waals surface area contributed by atoms with Crippen molar-refractivity contribution < 1.29 is 9.21 Å². The third-order valence-corrected chi connectivity index (χ3v) is 5.77. The van der Waals surface area contributed by atoms with Crippen LogP contribution in [0.1, 0.15) is 5.76 Å². The highest BCUT2D eigenvalue weighted by molar-refractivity contribution is 8.18. The molecule has 0 saturated carbocycles. The van der Waals surface area contributed by atoms with E-state index in [9.17, 15) is 4.79 Å². The van der Waals surface area contributed by atoms with Gasteiger partial charge in [0.25, 0.3) is 5.91 Å². The number of carbonyl (C=O) groups excluding carboxylic acids is 1. The number of furan rings is 1. The molecule has 4 nitrogen and oxygen atoms in total. The second kappa shape index (κ2) is 7.86. The van der Waals surface area contributed by atoms with E-state index in [1.165, 1.54) is 11.8 Å². The summed E-state index contributed by atoms with van der Waals surface area (Å²) in [6, 6.07) is 25.2. The predicted octanol–water partition coefficient (Wildman–Crippen LogP) is 6.64. The molecule has 146 valence electrons. The van der Waals surface area contributed by atoms with Crippen LogP contribution in [-0.4, -0.2) is 11.1 Å². The van der Waals surface area contributed by atoms with Crippen molar-refractivity contribution in [3.63, 3.8) is 0 Å². The van der Waals surface area contributed by atoms with Crippen LogP contribution < -0.4 is 5.32 Å². The quantitative estimate of drug-likeness (QED) is 0.370. The molecule has 30 heavy (non-hydrogen) atoms. The Bertz CT molecular complexity index is 1340. The lowest BCUT2D eigenvalue weighted by Crippen LogP contribution is -2.19. The van der Waals surface area contributed by atoms with Crippen molar-refractivity contribution in [1.82, 2.24) is 5.32 Å². The molecule has 0 bridgehead atoms. The van der Waals surface area contributed by atoms with Gasteiger partial charge in [-0.3, -0.25) is 4.79 Å². The average molecular weight is 431 g/mol. The first kappa shape index (κ1) is 18.7. The topological polar surface area (TPSA) is 54.6 Å². The summed E-state index contributed by atoms with van der Waals surface area (Å²) in [6.07, 6.45) is 1.72. The predicted molar refractivity (Wildman–Crippen MR) is 124 cm³/mol. The molecule has 1 amide bonds. The number of thioether (sulfide) groups is 1. The number of hydrogen-bond donors (Lipinski definition) is 1. The smallest absolute Gasteiger partial charge is 0.264 e. The van der Waals surface area contributed by atoms with Crippen molar-refractivity contribution in [2.75, 3.05) is 0 Å². The second-order valence-corrected chi connectivity index (χ2v) is 8.19. The van der Waals surface area contributed by atoms with E-state index in [0.717, 1.165) is 22.0 Å². The first-order valence-electron chi connectivity index (χ1n) is 9.28. The van der Waals surface area contributed by atoms with Crippen LogP contribution in [0, 0.1) is 0 Å². The van der Waals surface area contributed by atoms with Crippen molar-refractivity contribution in [1.29, 1.82) is 0 Å². The molecule has 0 atom stereocenters. The number of amides is 1. The second-order valence-electron chi connectivity index (χ2n) is 6.73. The van der Waals surface area contributed by atoms with E-state index in [1.807, 2.05) is 72.8 Å². The number of fused-ring (bicyclic) bond motifs is 1. The summed E-state index contributed by atoms with van der Waals surface area (Å²) in [4.78, 5) is 17.5. The third kappa shape index (κ3) is 3.90. The molecule has 2 heterocycles. The van der Waals surface area contributed by atoms with Crippen LogP contribution in [-0.2, 0) is 4.79 Å². The van der Waals surface area contributed by atoms with Gasteiger partial charge in [0.05, 0.1) is 10.6 Å². The summed E-state index contributed by atoms with van der Waals surface area (Å²) in [7, 11) is 0. The molecule has 5 rings (SSSR count). The number of halogens is 1. The van der Waals surface area contributed by atoms with Crippen LogP contribution >= 0.6 is 23.4 Å². The molecule has 3 aromatic carbocycles. The lowest BCUT2D eigenvalue weighted by Gasteiger charge is -2.00. The molecule has 1 aromatic heterocycles. The Balaban J connectivity index is 1.38. The Morgan fingerprint density at radius 3 is 2.67 bits per heavy atom. The van der Waals surface area contributed by atoms with Crippen LogP contribution in [0.4, 0.5) is 5.69 Å². The van der Waals surface area contributed by atoms with E-state index in [2.05, 4.69) is 16.4 Å². The van der Waals surface area contributed by atoms with Crippen molar-refractivity contribution >= 4 is 57.0 Å². The minimum absolute atomic E-state index is 0.194. The number of carbonyl (C=O) groups is 1. The minimum atomic E-state index is -0.194. The summed E-state index contributed by atoms with van der Waals surface area (Å²) >= 11 is 7.34. The monoisotopic (exact) mass is 430 g/mol. The van der Waals surface area contributed by atoms with Gasteiger partial charge >= 0.3 is 0 Å². The highest BCUT2D eigenvalue weighted by Crippen LogP contribution is 2.31. The molecule has 1 fully saturated rings. The Morgan fingerprint density at radius 2 is 1.80 bits per heavy atom. The van der Waals surface area contributed by atoms with Gasteiger partial charge in [-0.05, 0) is 58.9 Å². The normalized spacial score (nSPS) is 16.5. The molecule has 0 radical (unpaired) electrons. The Kier molecular flexibility index (Phi) is 4.91. The molecule has 0 aliphatic carbocycles. The SMILES string of the molecule is O=C1NC(=Nc2ccc3ccccc3c2)SC1=Cc1ccc(-c2cccc(Cl)c2)o1. The molecule has 1 N–H and O–H groups in total. The van der Waals surface area contributed by atoms with Gasteiger partial charge in [0.15, 0.2) is 5.17 Å². The van der Waals surface area contributed by atoms with Gasteiger partial charge in [-0.15, -0.1) is 0 Å². The zero-order valence-corrected chi connectivity index (χ0v) is 17.2. The fraction of sp³-hybridized carbons (Fsp3) is 0. The van der Waals surface area contributed by atoms with Crippen LogP contribution in [0.15, 0.2) is 93.2 Å². The number of benzene rings is 3. The average Bonchev–Trinajstić information content (AvgIpc) is 3.35. The lowest BCUT2D eigenvalue weighted by molar-refractivity contribution is -0.115. The zero-order valence-electron chi connectivity index (χ0n) is 15.6. The van der Waals surface area contributed by atoms with E-state index in [-0.39, 0.29) is 5.91 Å². The third-order valence-electron chi connectivity index (χ3n) is 4.62. The maximum absolute atomic E-state index is 12.4. The first-order chi connectivity index (χ1) is 14.6. The van der Waals surface area contributed by atoms with Gasteiger partial charge in [0.1, 0.15) is 11.5 Å². The lowest BCUT2D eigenvalue weighted by atomic mass is 10.1. The summed E-state index contributed by atoms with van der Waals surface area (Å²) in [5.74, 6) is 1.09. The molecule has 4 aromatic rings. The van der Waals surface area contributed by atoms with Crippen LogP contribution in [0.3, 0.4) is 0 Å². The molecule has 1 aliphatic heterocycles. The van der Waals surface area contributed by atoms with Crippen LogP contribution in [0.25, 0.3) is 28.2 Å². The molecular formula is C24H15ClN2O2S. The molecule has 6 heteroatoms. The zero-order chi connectivity index (χ0) is 20.5. The van der Waals surface area contributed by atoms with Crippen molar-refractivity contribution in [2.45, 2.75) is 0 Å². The Morgan fingerprint density at radius 1 is 0.933 bits per heavy atom.